The van der Waals surface area contributed by atoms with Crippen molar-refractivity contribution in [1.82, 2.24) is 14.9 Å². The molecule has 1 saturated heterocycles. The lowest BCUT2D eigenvalue weighted by molar-refractivity contribution is -0.646. The lowest BCUT2D eigenvalue weighted by Crippen LogP contribution is -2.53. The normalized spacial score (nSPS) is 19.4. The van der Waals surface area contributed by atoms with Crippen molar-refractivity contribution in [2.45, 2.75) is 70.1 Å². The fraction of sp³-hybridized carbons (Fsp3) is 0.429. The van der Waals surface area contributed by atoms with E-state index in [1.807, 2.05) is 26.0 Å². The predicted molar refractivity (Wildman–Crippen MR) is 147 cm³/mol. The van der Waals surface area contributed by atoms with Crippen LogP contribution in [-0.4, -0.2) is 55.0 Å². The third kappa shape index (κ3) is 6.02. The van der Waals surface area contributed by atoms with Gasteiger partial charge in [-0.3, -0.25) is 14.4 Å². The van der Waals surface area contributed by atoms with Crippen molar-refractivity contribution < 1.29 is 31.9 Å². The number of fused-ring (bicyclic) bond motifs is 1. The first kappa shape index (κ1) is 29.2. The number of carbonyl (C=O) groups is 3. The molecule has 1 aromatic carbocycles. The van der Waals surface area contributed by atoms with Crippen molar-refractivity contribution in [2.24, 2.45) is 5.92 Å². The molecule has 1 fully saturated rings. The molecule has 0 bridgehead atoms. The van der Waals surface area contributed by atoms with Crippen LogP contribution >= 0.6 is 0 Å². The van der Waals surface area contributed by atoms with Crippen LogP contribution < -0.4 is 15.4 Å². The SMILES string of the molecule is Cc1c(C(=O)N[C@@H](CC(C)C)C(=O)N[C@H]2CC[C@@H](C)N(S(=O)(=O)c3cccc[n+]3[O-])CC2=O)oc2ccccc12. The maximum absolute atomic E-state index is 13.4. The number of ketones is 1. The fourth-order valence-corrected chi connectivity index (χ4v) is 6.58. The molecule has 0 unspecified atom stereocenters. The van der Waals surface area contributed by atoms with Crippen molar-refractivity contribution in [1.29, 1.82) is 0 Å². The molecule has 2 N–H and O–H groups in total. The number of nitrogens with one attached hydrogen (secondary N) is 2. The highest BCUT2D eigenvalue weighted by atomic mass is 32.2. The summed E-state index contributed by atoms with van der Waals surface area (Å²) in [6.45, 7) is 6.75. The maximum Gasteiger partial charge on any atom is 0.323 e. The average Bonchev–Trinajstić information content (AvgIpc) is 3.17. The Morgan fingerprint density at radius 1 is 1.15 bits per heavy atom. The van der Waals surface area contributed by atoms with Gasteiger partial charge in [-0.25, -0.2) is 8.42 Å². The highest BCUT2D eigenvalue weighted by molar-refractivity contribution is 7.89. The lowest BCUT2D eigenvalue weighted by atomic mass is 10.0. The second-order valence-electron chi connectivity index (χ2n) is 10.6. The van der Waals surface area contributed by atoms with Gasteiger partial charge in [-0.05, 0) is 51.2 Å². The van der Waals surface area contributed by atoms with Crippen LogP contribution in [0.3, 0.4) is 0 Å². The van der Waals surface area contributed by atoms with Gasteiger partial charge in [0, 0.05) is 29.1 Å². The topological polar surface area (TPSA) is 153 Å². The van der Waals surface area contributed by atoms with Crippen molar-refractivity contribution in [2.75, 3.05) is 6.54 Å². The molecule has 0 radical (unpaired) electrons. The summed E-state index contributed by atoms with van der Waals surface area (Å²) in [5.74, 6) is -1.43. The number of para-hydroxylation sites is 1. The average molecular weight is 571 g/mol. The summed E-state index contributed by atoms with van der Waals surface area (Å²) in [6.07, 6.45) is 1.87. The first-order valence-electron chi connectivity index (χ1n) is 13.2. The van der Waals surface area contributed by atoms with E-state index in [4.69, 9.17) is 4.42 Å². The quantitative estimate of drug-likeness (QED) is 0.312. The van der Waals surface area contributed by atoms with Gasteiger partial charge in [0.15, 0.2) is 17.7 Å². The number of hydrogen-bond donors (Lipinski definition) is 2. The first-order valence-corrected chi connectivity index (χ1v) is 14.7. The van der Waals surface area contributed by atoms with Crippen LogP contribution in [0.1, 0.15) is 56.2 Å². The van der Waals surface area contributed by atoms with E-state index >= 15 is 0 Å². The predicted octanol–water partition coefficient (Wildman–Crippen LogP) is 2.45. The van der Waals surface area contributed by atoms with Gasteiger partial charge in [-0.15, -0.1) is 0 Å². The standard InChI is InChI=1S/C28H34N4O7S/c1-17(2)15-22(30-28(35)26-19(4)20-9-5-6-10-24(20)39-26)27(34)29-21-13-12-18(3)32(16-23(21)33)40(37,38)25-11-7-8-14-31(25)36/h5-11,14,17-18,21-22H,12-13,15-16H2,1-4H3,(H,29,34)(H,30,35)/t18-,21+,22+/m1/s1. The Hall–Kier alpha value is -3.77. The fourth-order valence-electron chi connectivity index (χ4n) is 4.93. The number of sulfonamides is 1. The van der Waals surface area contributed by atoms with Crippen LogP contribution in [-0.2, 0) is 19.6 Å². The Bertz CT molecular complexity index is 1530. The van der Waals surface area contributed by atoms with Crippen LogP contribution in [0.4, 0.5) is 0 Å². The molecular formula is C28H34N4O7S. The van der Waals surface area contributed by atoms with E-state index in [1.165, 1.54) is 18.2 Å². The van der Waals surface area contributed by atoms with E-state index in [9.17, 15) is 28.0 Å². The number of Topliss-reactive ketones (excluding diaryl/α,β-unsaturated/α-hetero) is 1. The molecule has 2 aromatic heterocycles. The number of benzene rings is 1. The van der Waals surface area contributed by atoms with Gasteiger partial charge < -0.3 is 20.3 Å². The summed E-state index contributed by atoms with van der Waals surface area (Å²) >= 11 is 0. The molecule has 1 aliphatic heterocycles. The number of nitrogens with zero attached hydrogens (tertiary/aromatic N) is 2. The Balaban J connectivity index is 1.50. The smallest absolute Gasteiger partial charge is 0.323 e. The minimum Gasteiger partial charge on any atom is -0.618 e. The molecule has 12 heteroatoms. The molecule has 214 valence electrons. The molecule has 4 rings (SSSR count). The third-order valence-corrected chi connectivity index (χ3v) is 9.07. The molecule has 11 nitrogen and oxygen atoms in total. The molecule has 3 aromatic rings. The van der Waals surface area contributed by atoms with Crippen molar-refractivity contribution in [3.63, 3.8) is 0 Å². The second-order valence-corrected chi connectivity index (χ2v) is 12.4. The molecule has 0 spiro atoms. The minimum absolute atomic E-state index is 0.0444. The maximum atomic E-state index is 13.4. The molecule has 3 atom stereocenters. The summed E-state index contributed by atoms with van der Waals surface area (Å²) < 4.78 is 33.5. The molecule has 2 amide bonds. The van der Waals surface area contributed by atoms with E-state index in [1.54, 1.807) is 26.0 Å². The number of carbonyl (C=O) groups excluding carboxylic acids is 3. The number of aromatic nitrogens is 1. The van der Waals surface area contributed by atoms with Crippen LogP contribution in [0.2, 0.25) is 0 Å². The minimum atomic E-state index is -4.26. The van der Waals surface area contributed by atoms with Gasteiger partial charge in [-0.2, -0.15) is 9.04 Å². The summed E-state index contributed by atoms with van der Waals surface area (Å²) in [4.78, 5) is 39.7. The highest BCUT2D eigenvalue weighted by Gasteiger charge is 2.40. The van der Waals surface area contributed by atoms with Gasteiger partial charge in [0.25, 0.3) is 5.91 Å². The van der Waals surface area contributed by atoms with E-state index in [-0.39, 0.29) is 29.3 Å². The summed E-state index contributed by atoms with van der Waals surface area (Å²) in [7, 11) is -4.26. The van der Waals surface area contributed by atoms with E-state index in [2.05, 4.69) is 10.6 Å². The Morgan fingerprint density at radius 2 is 1.85 bits per heavy atom. The molecule has 3 heterocycles. The van der Waals surface area contributed by atoms with Gasteiger partial charge in [0.05, 0.1) is 12.6 Å². The summed E-state index contributed by atoms with van der Waals surface area (Å²) in [6, 6.07) is 8.80. The van der Waals surface area contributed by atoms with E-state index in [0.717, 1.165) is 15.9 Å². The van der Waals surface area contributed by atoms with Crippen LogP contribution in [0, 0.1) is 18.0 Å². The number of aryl methyl sites for hydroxylation is 1. The highest BCUT2D eigenvalue weighted by Crippen LogP contribution is 2.25. The molecule has 40 heavy (non-hydrogen) atoms. The van der Waals surface area contributed by atoms with Crippen LogP contribution in [0.25, 0.3) is 11.0 Å². The van der Waals surface area contributed by atoms with Crippen molar-refractivity contribution in [3.8, 4) is 0 Å². The number of hydrogen-bond acceptors (Lipinski definition) is 7. The van der Waals surface area contributed by atoms with Gasteiger partial charge in [-0.1, -0.05) is 32.0 Å². The van der Waals surface area contributed by atoms with E-state index < -0.39 is 57.3 Å². The van der Waals surface area contributed by atoms with Crippen LogP contribution in [0.5, 0.6) is 0 Å². The van der Waals surface area contributed by atoms with Gasteiger partial charge in [0.1, 0.15) is 11.6 Å². The van der Waals surface area contributed by atoms with E-state index in [0.29, 0.717) is 17.6 Å². The van der Waals surface area contributed by atoms with Crippen molar-refractivity contribution >= 4 is 38.6 Å². The van der Waals surface area contributed by atoms with Gasteiger partial charge in [0.2, 0.25) is 5.91 Å². The largest absolute Gasteiger partial charge is 0.618 e. The Labute approximate surface area is 233 Å². The van der Waals surface area contributed by atoms with Crippen LogP contribution in [0.15, 0.2) is 58.1 Å². The number of furan rings is 1. The second kappa shape index (κ2) is 11.8. The molecule has 1 aliphatic rings. The molecular weight excluding hydrogens is 536 g/mol. The zero-order valence-electron chi connectivity index (χ0n) is 22.9. The lowest BCUT2D eigenvalue weighted by Gasteiger charge is -2.24. The summed E-state index contributed by atoms with van der Waals surface area (Å²) in [5, 5.41) is 18.0. The van der Waals surface area contributed by atoms with Gasteiger partial charge >= 0.3 is 15.0 Å². The Morgan fingerprint density at radius 3 is 2.52 bits per heavy atom. The monoisotopic (exact) mass is 570 g/mol. The summed E-state index contributed by atoms with van der Waals surface area (Å²) in [5.41, 5.74) is 1.22. The first-order chi connectivity index (χ1) is 18.9. The number of amides is 2. The number of pyridine rings is 1. The molecule has 0 aliphatic carbocycles. The molecule has 0 saturated carbocycles. The van der Waals surface area contributed by atoms with Crippen molar-refractivity contribution in [3.05, 3.63) is 65.2 Å². The number of rotatable bonds is 8. The Kier molecular flexibility index (Phi) is 8.59. The zero-order valence-corrected chi connectivity index (χ0v) is 23.7. The third-order valence-electron chi connectivity index (χ3n) is 7.12. The zero-order chi connectivity index (χ0) is 29.2.